The molecule has 0 radical (unpaired) electrons. The van der Waals surface area contributed by atoms with Gasteiger partial charge in [0.15, 0.2) is 5.78 Å². The number of allylic oxidation sites excluding steroid dienone is 2. The highest BCUT2D eigenvalue weighted by atomic mass is 19.4. The Bertz CT molecular complexity index is 711. The molecular weight excluding hydrogens is 313 g/mol. The Labute approximate surface area is 139 Å². The normalized spacial score (nSPS) is 12.5. The first-order chi connectivity index (χ1) is 11.3. The van der Waals surface area contributed by atoms with Crippen LogP contribution in [0.2, 0.25) is 0 Å². The summed E-state index contributed by atoms with van der Waals surface area (Å²) >= 11 is 0. The van der Waals surface area contributed by atoms with Crippen LogP contribution in [0.15, 0.2) is 60.7 Å². The largest absolute Gasteiger partial charge is 0.416 e. The summed E-state index contributed by atoms with van der Waals surface area (Å²) < 4.78 is 38.1. The van der Waals surface area contributed by atoms with Gasteiger partial charge < -0.3 is 0 Å². The molecule has 0 atom stereocenters. The number of ketones is 1. The van der Waals surface area contributed by atoms with Gasteiger partial charge >= 0.3 is 6.18 Å². The fraction of sp³-hybridized carbons (Fsp3) is 0.250. The van der Waals surface area contributed by atoms with E-state index in [2.05, 4.69) is 0 Å². The van der Waals surface area contributed by atoms with Crippen LogP contribution in [0.25, 0.3) is 5.57 Å². The van der Waals surface area contributed by atoms with E-state index in [4.69, 9.17) is 0 Å². The van der Waals surface area contributed by atoms with Crippen LogP contribution in [0.3, 0.4) is 0 Å². The van der Waals surface area contributed by atoms with Crippen molar-refractivity contribution in [3.63, 3.8) is 0 Å². The van der Waals surface area contributed by atoms with E-state index in [1.165, 1.54) is 12.1 Å². The summed E-state index contributed by atoms with van der Waals surface area (Å²) in [5.41, 5.74) is 0.732. The van der Waals surface area contributed by atoms with Crippen LogP contribution >= 0.6 is 0 Å². The molecule has 0 unspecified atom stereocenters. The zero-order chi connectivity index (χ0) is 17.7. The van der Waals surface area contributed by atoms with Gasteiger partial charge in [0.05, 0.1) is 5.56 Å². The van der Waals surface area contributed by atoms with Gasteiger partial charge in [0.2, 0.25) is 0 Å². The maximum Gasteiger partial charge on any atom is 0.416 e. The minimum Gasteiger partial charge on any atom is -0.289 e. The lowest BCUT2D eigenvalue weighted by molar-refractivity contribution is -0.137. The van der Waals surface area contributed by atoms with E-state index in [0.717, 1.165) is 12.1 Å². The van der Waals surface area contributed by atoms with Crippen LogP contribution in [0.5, 0.6) is 0 Å². The first kappa shape index (κ1) is 18.0. The third-order valence-corrected chi connectivity index (χ3v) is 3.60. The maximum absolute atomic E-state index is 12.7. The zero-order valence-corrected chi connectivity index (χ0v) is 13.6. The van der Waals surface area contributed by atoms with Crippen molar-refractivity contribution in [2.75, 3.05) is 0 Å². The molecule has 2 aromatic carbocycles. The smallest absolute Gasteiger partial charge is 0.289 e. The van der Waals surface area contributed by atoms with Crippen LogP contribution < -0.4 is 0 Å². The maximum atomic E-state index is 12.7. The Hall–Kier alpha value is -2.36. The second-order valence-corrected chi connectivity index (χ2v) is 6.02. The highest BCUT2D eigenvalue weighted by molar-refractivity contribution is 6.28. The molecule has 24 heavy (non-hydrogen) atoms. The van der Waals surface area contributed by atoms with Crippen molar-refractivity contribution in [3.8, 4) is 0 Å². The van der Waals surface area contributed by atoms with E-state index in [1.54, 1.807) is 24.3 Å². The average molecular weight is 332 g/mol. The Kier molecular flexibility index (Phi) is 5.60. The number of carbonyl (C=O) groups excluding carboxylic acids is 1. The molecule has 126 valence electrons. The summed E-state index contributed by atoms with van der Waals surface area (Å²) in [6.07, 6.45) is -1.90. The van der Waals surface area contributed by atoms with Crippen LogP contribution in [-0.2, 0) is 6.18 Å². The molecule has 4 heteroatoms. The van der Waals surface area contributed by atoms with Gasteiger partial charge in [-0.3, -0.25) is 4.79 Å². The molecule has 0 saturated carbocycles. The van der Waals surface area contributed by atoms with Crippen molar-refractivity contribution in [2.24, 2.45) is 5.92 Å². The molecule has 0 aliphatic heterocycles. The SMILES string of the molecule is CC(C)C/C=C(/C(=O)c1ccccc1)c1ccc(C(F)(F)F)cc1. The monoisotopic (exact) mass is 332 g/mol. The van der Waals surface area contributed by atoms with Crippen molar-refractivity contribution in [1.82, 2.24) is 0 Å². The molecule has 0 fully saturated rings. The third kappa shape index (κ3) is 4.57. The van der Waals surface area contributed by atoms with Crippen LogP contribution in [0, 0.1) is 5.92 Å². The molecule has 2 aromatic rings. The number of hydrogen-bond acceptors (Lipinski definition) is 1. The number of carbonyl (C=O) groups is 1. The minimum atomic E-state index is -4.39. The molecule has 0 aliphatic carbocycles. The molecule has 2 rings (SSSR count). The fourth-order valence-corrected chi connectivity index (χ4v) is 2.28. The van der Waals surface area contributed by atoms with Gasteiger partial charge in [-0.25, -0.2) is 0 Å². The highest BCUT2D eigenvalue weighted by Gasteiger charge is 2.30. The van der Waals surface area contributed by atoms with E-state index in [0.29, 0.717) is 29.0 Å². The summed E-state index contributed by atoms with van der Waals surface area (Å²) in [7, 11) is 0. The van der Waals surface area contributed by atoms with Gasteiger partial charge in [0, 0.05) is 11.1 Å². The molecule has 0 spiro atoms. The second-order valence-electron chi connectivity index (χ2n) is 6.02. The average Bonchev–Trinajstić information content (AvgIpc) is 2.55. The standard InChI is InChI=1S/C20H19F3O/c1-14(2)8-13-18(19(24)16-6-4-3-5-7-16)15-9-11-17(12-10-15)20(21,22)23/h3-7,9-14H,8H2,1-2H3/b18-13+. The highest BCUT2D eigenvalue weighted by Crippen LogP contribution is 2.31. The quantitative estimate of drug-likeness (QED) is 0.483. The van der Waals surface area contributed by atoms with Gasteiger partial charge in [-0.2, -0.15) is 13.2 Å². The minimum absolute atomic E-state index is 0.184. The van der Waals surface area contributed by atoms with Crippen LogP contribution in [-0.4, -0.2) is 5.78 Å². The van der Waals surface area contributed by atoms with Crippen molar-refractivity contribution < 1.29 is 18.0 Å². The predicted molar refractivity (Wildman–Crippen MR) is 89.6 cm³/mol. The number of hydrogen-bond donors (Lipinski definition) is 0. The van der Waals surface area contributed by atoms with Gasteiger partial charge in [-0.1, -0.05) is 62.4 Å². The number of Topliss-reactive ketones (excluding diaryl/α,β-unsaturated/α-hetero) is 1. The molecule has 0 amide bonds. The van der Waals surface area contributed by atoms with Gasteiger partial charge in [-0.15, -0.1) is 0 Å². The second kappa shape index (κ2) is 7.47. The Morgan fingerprint density at radius 3 is 2.04 bits per heavy atom. The summed E-state index contributed by atoms with van der Waals surface area (Å²) in [4.78, 5) is 12.7. The Balaban J connectivity index is 2.40. The summed E-state index contributed by atoms with van der Waals surface area (Å²) in [5, 5.41) is 0. The summed E-state index contributed by atoms with van der Waals surface area (Å²) in [5.74, 6) is 0.161. The van der Waals surface area contributed by atoms with Crippen molar-refractivity contribution in [3.05, 3.63) is 77.4 Å². The van der Waals surface area contributed by atoms with Crippen molar-refractivity contribution in [2.45, 2.75) is 26.4 Å². The lowest BCUT2D eigenvalue weighted by Gasteiger charge is -2.11. The molecule has 0 bridgehead atoms. The molecule has 0 heterocycles. The lowest BCUT2D eigenvalue weighted by atomic mass is 9.93. The van der Waals surface area contributed by atoms with Crippen LogP contribution in [0.1, 0.15) is 41.8 Å². The van der Waals surface area contributed by atoms with E-state index in [-0.39, 0.29) is 5.78 Å². The van der Waals surface area contributed by atoms with E-state index >= 15 is 0 Å². The first-order valence-corrected chi connectivity index (χ1v) is 7.76. The summed E-state index contributed by atoms with van der Waals surface area (Å²) in [6, 6.07) is 13.5. The molecule has 0 aromatic heterocycles. The molecule has 0 aliphatic rings. The topological polar surface area (TPSA) is 17.1 Å². The lowest BCUT2D eigenvalue weighted by Crippen LogP contribution is -2.06. The van der Waals surface area contributed by atoms with Crippen molar-refractivity contribution >= 4 is 11.4 Å². The molecule has 1 nitrogen and oxygen atoms in total. The van der Waals surface area contributed by atoms with E-state index in [1.807, 2.05) is 26.0 Å². The number of benzene rings is 2. The van der Waals surface area contributed by atoms with E-state index in [9.17, 15) is 18.0 Å². The van der Waals surface area contributed by atoms with Crippen molar-refractivity contribution in [1.29, 1.82) is 0 Å². The van der Waals surface area contributed by atoms with Crippen LogP contribution in [0.4, 0.5) is 13.2 Å². The van der Waals surface area contributed by atoms with Gasteiger partial charge in [0.25, 0.3) is 0 Å². The Morgan fingerprint density at radius 1 is 0.958 bits per heavy atom. The first-order valence-electron chi connectivity index (χ1n) is 7.76. The Morgan fingerprint density at radius 2 is 1.54 bits per heavy atom. The molecular formula is C20H19F3O. The zero-order valence-electron chi connectivity index (χ0n) is 13.6. The molecule has 0 saturated heterocycles. The van der Waals surface area contributed by atoms with Gasteiger partial charge in [-0.05, 0) is 30.0 Å². The van der Waals surface area contributed by atoms with E-state index < -0.39 is 11.7 Å². The predicted octanol–water partition coefficient (Wildman–Crippen LogP) is 6.02. The summed E-state index contributed by atoms with van der Waals surface area (Å²) in [6.45, 7) is 4.04. The number of alkyl halides is 3. The van der Waals surface area contributed by atoms with Gasteiger partial charge in [0.1, 0.15) is 0 Å². The fourth-order valence-electron chi connectivity index (χ4n) is 2.28. The number of rotatable bonds is 5. The number of halogens is 3. The third-order valence-electron chi connectivity index (χ3n) is 3.60. The molecule has 0 N–H and O–H groups in total.